The lowest BCUT2D eigenvalue weighted by Gasteiger charge is -2.52. The molecule has 0 amide bonds. The van der Waals surface area contributed by atoms with Gasteiger partial charge in [-0.2, -0.15) is 0 Å². The second kappa shape index (κ2) is 9.78. The van der Waals surface area contributed by atoms with Gasteiger partial charge < -0.3 is 9.47 Å². The Morgan fingerprint density at radius 1 is 1.09 bits per heavy atom. The van der Waals surface area contributed by atoms with Gasteiger partial charge in [0.25, 0.3) is 0 Å². The van der Waals surface area contributed by atoms with E-state index in [-0.39, 0.29) is 11.9 Å². The van der Waals surface area contributed by atoms with Crippen molar-refractivity contribution in [3.05, 3.63) is 11.6 Å². The molecule has 5 aliphatic rings. The molecule has 0 aromatic carbocycles. The van der Waals surface area contributed by atoms with E-state index >= 15 is 0 Å². The quantitative estimate of drug-likeness (QED) is 0.459. The second-order valence-corrected chi connectivity index (χ2v) is 12.3. The van der Waals surface area contributed by atoms with E-state index in [1.807, 2.05) is 6.08 Å². The zero-order valence-corrected chi connectivity index (χ0v) is 21.1. The summed E-state index contributed by atoms with van der Waals surface area (Å²) in [4.78, 5) is 36.3. The van der Waals surface area contributed by atoms with E-state index in [1.165, 1.54) is 44.6 Å². The highest BCUT2D eigenvalue weighted by Gasteiger charge is 2.54. The van der Waals surface area contributed by atoms with Crippen LogP contribution >= 0.6 is 0 Å². The molecule has 0 aromatic rings. The van der Waals surface area contributed by atoms with Gasteiger partial charge in [0.05, 0.1) is 6.61 Å². The lowest BCUT2D eigenvalue weighted by atomic mass is 9.52. The molecule has 7 atom stereocenters. The Labute approximate surface area is 204 Å². The molecule has 0 aromatic heterocycles. The minimum absolute atomic E-state index is 0.113. The molecule has 0 saturated heterocycles. The maximum Gasteiger partial charge on any atom is 0.347 e. The molecular formula is C29H42O5. The molecule has 0 spiro atoms. The Hall–Kier alpha value is -1.65. The number of allylic oxidation sites excluding steroid dienone is 1. The van der Waals surface area contributed by atoms with Crippen LogP contribution in [0.15, 0.2) is 11.6 Å². The highest BCUT2D eigenvalue weighted by Crippen LogP contribution is 2.63. The monoisotopic (exact) mass is 470 g/mol. The molecule has 0 aliphatic heterocycles. The van der Waals surface area contributed by atoms with Crippen molar-refractivity contribution < 1.29 is 23.9 Å². The number of rotatable bonds is 6. The summed E-state index contributed by atoms with van der Waals surface area (Å²) >= 11 is 0. The normalized spacial score (nSPS) is 38.4. The first-order chi connectivity index (χ1) is 16.3. The highest BCUT2D eigenvalue weighted by molar-refractivity contribution is 5.91. The maximum absolute atomic E-state index is 12.8. The molecule has 0 bridgehead atoms. The van der Waals surface area contributed by atoms with Gasteiger partial charge in [-0.25, -0.2) is 4.79 Å². The van der Waals surface area contributed by atoms with E-state index in [4.69, 9.17) is 9.47 Å². The van der Waals surface area contributed by atoms with Crippen LogP contribution < -0.4 is 0 Å². The standard InChI is InChI=1S/C29H42O5/c1-18(30)34-27(20-5-3-4-6-20)28(32)33-14-12-19-15-26-25-9-7-21-16-22(31)8-10-23(21)24(25)11-13-29(26,2)17-19/h16,19-20,23-27H,3-15,17H2,1-2H3/t19-,23-,24+,25+,26-,27?,29+/m0/s1. The molecule has 34 heavy (non-hydrogen) atoms. The number of carbonyl (C=O) groups excluding carboxylic acids is 3. The van der Waals surface area contributed by atoms with Crippen LogP contribution in [0.2, 0.25) is 0 Å². The molecule has 0 N–H and O–H groups in total. The van der Waals surface area contributed by atoms with Crippen LogP contribution in [0.5, 0.6) is 0 Å². The average molecular weight is 471 g/mol. The van der Waals surface area contributed by atoms with Gasteiger partial charge in [0, 0.05) is 19.3 Å². The van der Waals surface area contributed by atoms with Gasteiger partial charge in [-0.05, 0) is 105 Å². The lowest BCUT2D eigenvalue weighted by Crippen LogP contribution is -2.44. The fourth-order valence-corrected chi connectivity index (χ4v) is 8.79. The number of hydrogen-bond acceptors (Lipinski definition) is 5. The Morgan fingerprint density at radius 3 is 2.65 bits per heavy atom. The molecule has 4 fully saturated rings. The van der Waals surface area contributed by atoms with E-state index in [2.05, 4.69) is 6.92 Å². The van der Waals surface area contributed by atoms with Gasteiger partial charge >= 0.3 is 11.9 Å². The molecule has 5 rings (SSSR count). The fourth-order valence-electron chi connectivity index (χ4n) is 8.79. The van der Waals surface area contributed by atoms with Gasteiger partial charge in [0.2, 0.25) is 6.10 Å². The smallest absolute Gasteiger partial charge is 0.347 e. The summed E-state index contributed by atoms with van der Waals surface area (Å²) in [5.74, 6) is 3.27. The molecule has 5 heteroatoms. The fraction of sp³-hybridized carbons (Fsp3) is 0.828. The minimum Gasteiger partial charge on any atom is -0.463 e. The van der Waals surface area contributed by atoms with Crippen LogP contribution in [0.3, 0.4) is 0 Å². The maximum atomic E-state index is 12.8. The van der Waals surface area contributed by atoms with Crippen molar-refractivity contribution in [3.63, 3.8) is 0 Å². The van der Waals surface area contributed by atoms with Crippen molar-refractivity contribution >= 4 is 17.7 Å². The first kappa shape index (κ1) is 24.1. The number of esters is 2. The number of ketones is 1. The third kappa shape index (κ3) is 4.73. The predicted molar refractivity (Wildman–Crippen MR) is 129 cm³/mol. The predicted octanol–water partition coefficient (Wildman–Crippen LogP) is 5.80. The zero-order chi connectivity index (χ0) is 23.9. The molecule has 188 valence electrons. The van der Waals surface area contributed by atoms with Crippen LogP contribution in [-0.2, 0) is 23.9 Å². The van der Waals surface area contributed by atoms with Gasteiger partial charge in [-0.15, -0.1) is 0 Å². The highest BCUT2D eigenvalue weighted by atomic mass is 16.6. The molecule has 5 aliphatic carbocycles. The molecule has 4 saturated carbocycles. The lowest BCUT2D eigenvalue weighted by molar-refractivity contribution is -0.170. The number of hydrogen-bond donors (Lipinski definition) is 0. The Morgan fingerprint density at radius 2 is 1.88 bits per heavy atom. The summed E-state index contributed by atoms with van der Waals surface area (Å²) in [7, 11) is 0. The van der Waals surface area contributed by atoms with Crippen molar-refractivity contribution in [2.45, 2.75) is 103 Å². The van der Waals surface area contributed by atoms with Crippen molar-refractivity contribution in [2.24, 2.45) is 40.9 Å². The number of fused-ring (bicyclic) bond motifs is 5. The molecular weight excluding hydrogens is 428 g/mol. The Balaban J connectivity index is 1.16. The van der Waals surface area contributed by atoms with E-state index in [0.717, 1.165) is 69.1 Å². The van der Waals surface area contributed by atoms with Crippen molar-refractivity contribution in [1.29, 1.82) is 0 Å². The summed E-state index contributed by atoms with van der Waals surface area (Å²) in [6.07, 6.45) is 15.5. The van der Waals surface area contributed by atoms with Crippen molar-refractivity contribution in [2.75, 3.05) is 6.61 Å². The summed E-state index contributed by atoms with van der Waals surface area (Å²) in [6, 6.07) is 0. The van der Waals surface area contributed by atoms with Gasteiger partial charge in [0.1, 0.15) is 0 Å². The van der Waals surface area contributed by atoms with Crippen LogP contribution in [-0.4, -0.2) is 30.4 Å². The summed E-state index contributed by atoms with van der Waals surface area (Å²) in [5, 5.41) is 0. The third-order valence-electron chi connectivity index (χ3n) is 10.3. The second-order valence-electron chi connectivity index (χ2n) is 12.3. The zero-order valence-electron chi connectivity index (χ0n) is 21.1. The third-order valence-corrected chi connectivity index (χ3v) is 10.3. The van der Waals surface area contributed by atoms with Gasteiger partial charge in [0.15, 0.2) is 5.78 Å². The topological polar surface area (TPSA) is 69.7 Å². The van der Waals surface area contributed by atoms with Crippen LogP contribution in [0.25, 0.3) is 0 Å². The van der Waals surface area contributed by atoms with E-state index in [1.54, 1.807) is 0 Å². The van der Waals surface area contributed by atoms with E-state index < -0.39 is 12.1 Å². The average Bonchev–Trinajstić information content (AvgIpc) is 3.44. The number of ether oxygens (including phenoxy) is 2. The first-order valence-corrected chi connectivity index (χ1v) is 13.9. The minimum atomic E-state index is -0.726. The van der Waals surface area contributed by atoms with Gasteiger partial charge in [-0.1, -0.05) is 25.3 Å². The van der Waals surface area contributed by atoms with E-state index in [9.17, 15) is 14.4 Å². The van der Waals surface area contributed by atoms with Crippen molar-refractivity contribution in [3.8, 4) is 0 Å². The Bertz CT molecular complexity index is 839. The SMILES string of the molecule is CC(=O)OC(C(=O)OCC[C@H]1C[C@H]2[C@@H]3CCC4=CC(=O)CC[C@@H]4[C@H]3CC[C@]2(C)C1)C1CCCC1. The molecule has 0 heterocycles. The summed E-state index contributed by atoms with van der Waals surface area (Å²) < 4.78 is 11.1. The summed E-state index contributed by atoms with van der Waals surface area (Å²) in [5.41, 5.74) is 1.86. The molecule has 1 unspecified atom stereocenters. The summed E-state index contributed by atoms with van der Waals surface area (Å²) in [6.45, 7) is 4.31. The van der Waals surface area contributed by atoms with Crippen LogP contribution in [0, 0.1) is 40.9 Å². The van der Waals surface area contributed by atoms with E-state index in [0.29, 0.717) is 29.6 Å². The first-order valence-electron chi connectivity index (χ1n) is 13.9. The van der Waals surface area contributed by atoms with Crippen LogP contribution in [0.1, 0.15) is 97.3 Å². The number of carbonyl (C=O) groups is 3. The van der Waals surface area contributed by atoms with Crippen LogP contribution in [0.4, 0.5) is 0 Å². The molecule has 0 radical (unpaired) electrons. The molecule has 5 nitrogen and oxygen atoms in total. The Kier molecular flexibility index (Phi) is 6.92. The van der Waals surface area contributed by atoms with Crippen molar-refractivity contribution in [1.82, 2.24) is 0 Å². The largest absolute Gasteiger partial charge is 0.463 e. The van der Waals surface area contributed by atoms with Gasteiger partial charge in [-0.3, -0.25) is 9.59 Å².